The van der Waals surface area contributed by atoms with Gasteiger partial charge in [-0.15, -0.1) is 0 Å². The number of nitrogens with one attached hydrogen (secondary N) is 3. The maximum atomic E-state index is 12.5. The highest BCUT2D eigenvalue weighted by molar-refractivity contribution is 6.33. The van der Waals surface area contributed by atoms with E-state index in [1.807, 2.05) is 12.3 Å². The lowest BCUT2D eigenvalue weighted by Crippen LogP contribution is -2.32. The summed E-state index contributed by atoms with van der Waals surface area (Å²) in [5.41, 5.74) is 1.32. The number of hydrogen-bond acceptors (Lipinski definition) is 7. The lowest BCUT2D eigenvalue weighted by molar-refractivity contribution is -0.124. The van der Waals surface area contributed by atoms with Crippen molar-refractivity contribution in [1.29, 1.82) is 0 Å². The molecule has 226 valence electrons. The first-order chi connectivity index (χ1) is 20.6. The van der Waals surface area contributed by atoms with Crippen LogP contribution in [0, 0.1) is 17.3 Å². The zero-order valence-electron chi connectivity index (χ0n) is 23.4. The molecule has 10 nitrogen and oxygen atoms in total. The summed E-state index contributed by atoms with van der Waals surface area (Å²) in [6, 6.07) is 5.93. The Morgan fingerprint density at radius 1 is 1.07 bits per heavy atom. The summed E-state index contributed by atoms with van der Waals surface area (Å²) >= 11 is 12.2. The zero-order valence-corrected chi connectivity index (χ0v) is 24.9. The third-order valence-electron chi connectivity index (χ3n) is 9.39. The quantitative estimate of drug-likeness (QED) is 0.130. The first-order valence-corrected chi connectivity index (χ1v) is 15.4. The Balaban J connectivity index is 0.887. The molecule has 4 N–H and O–H groups in total. The van der Waals surface area contributed by atoms with Gasteiger partial charge in [0.05, 0.1) is 17.3 Å². The first kappa shape index (κ1) is 29.4. The predicted octanol–water partition coefficient (Wildman–Crippen LogP) is 5.15. The number of anilines is 1. The molecule has 1 aromatic carbocycles. The summed E-state index contributed by atoms with van der Waals surface area (Å²) in [6.07, 6.45) is 9.02. The molecule has 3 fully saturated rings. The van der Waals surface area contributed by atoms with Gasteiger partial charge in [0, 0.05) is 30.6 Å². The van der Waals surface area contributed by atoms with E-state index in [2.05, 4.69) is 20.9 Å². The Kier molecular flexibility index (Phi) is 8.08. The van der Waals surface area contributed by atoms with Gasteiger partial charge in [-0.25, -0.2) is 9.78 Å². The number of benzene rings is 1. The van der Waals surface area contributed by atoms with Crippen LogP contribution in [-0.4, -0.2) is 40.9 Å². The summed E-state index contributed by atoms with van der Waals surface area (Å²) in [5.74, 6) is 0.612. The van der Waals surface area contributed by atoms with Gasteiger partial charge in [-0.3, -0.25) is 14.4 Å². The SMILES string of the molecule is O=C(CCCCCNC(=O)c1cc2cc(Cl)c(O)cc2oc1=O)NCC(=O)Nc1cc([C@H]2CC3CCC34CC24)cnc1Cl. The molecule has 2 aromatic heterocycles. The number of carbonyl (C=O) groups excluding carboxylic acids is 3. The van der Waals surface area contributed by atoms with Gasteiger partial charge >= 0.3 is 5.63 Å². The van der Waals surface area contributed by atoms with Crippen LogP contribution in [0.25, 0.3) is 11.0 Å². The Morgan fingerprint density at radius 2 is 1.91 bits per heavy atom. The minimum atomic E-state index is -0.824. The highest BCUT2D eigenvalue weighted by Crippen LogP contribution is 2.79. The van der Waals surface area contributed by atoms with Gasteiger partial charge in [0.15, 0.2) is 5.15 Å². The maximum Gasteiger partial charge on any atom is 0.349 e. The molecule has 0 saturated heterocycles. The topological polar surface area (TPSA) is 151 Å². The number of rotatable bonds is 11. The number of unbranched alkanes of at least 4 members (excludes halogenated alkanes) is 2. The smallest absolute Gasteiger partial charge is 0.349 e. The van der Waals surface area contributed by atoms with Gasteiger partial charge in [-0.2, -0.15) is 0 Å². The molecule has 12 heteroatoms. The molecule has 0 aliphatic heterocycles. The Labute approximate surface area is 257 Å². The van der Waals surface area contributed by atoms with Crippen molar-refractivity contribution in [2.24, 2.45) is 17.3 Å². The summed E-state index contributed by atoms with van der Waals surface area (Å²) in [7, 11) is 0. The van der Waals surface area contributed by atoms with E-state index in [-0.39, 0.29) is 51.9 Å². The second-order valence-electron chi connectivity index (χ2n) is 11.9. The zero-order chi connectivity index (χ0) is 30.3. The van der Waals surface area contributed by atoms with Crippen LogP contribution >= 0.6 is 23.2 Å². The van der Waals surface area contributed by atoms with E-state index in [4.69, 9.17) is 27.6 Å². The van der Waals surface area contributed by atoms with Crippen molar-refractivity contribution in [3.63, 3.8) is 0 Å². The lowest BCUT2D eigenvalue weighted by Gasteiger charge is -2.34. The third-order valence-corrected chi connectivity index (χ3v) is 10.00. The Bertz CT molecular complexity index is 1680. The number of amides is 3. The number of carbonyl (C=O) groups is 3. The predicted molar refractivity (Wildman–Crippen MR) is 161 cm³/mol. The largest absolute Gasteiger partial charge is 0.506 e. The normalized spacial score (nSPS) is 23.2. The fourth-order valence-electron chi connectivity index (χ4n) is 6.95. The van der Waals surface area contributed by atoms with Gasteiger partial charge in [0.25, 0.3) is 5.91 Å². The van der Waals surface area contributed by atoms with Crippen LogP contribution in [0.2, 0.25) is 10.2 Å². The molecule has 3 aliphatic carbocycles. The molecule has 4 atom stereocenters. The molecular formula is C31H32Cl2N4O6. The van der Waals surface area contributed by atoms with E-state index in [9.17, 15) is 24.3 Å². The summed E-state index contributed by atoms with van der Waals surface area (Å²) in [5, 5.41) is 18.5. The number of pyridine rings is 1. The van der Waals surface area contributed by atoms with Crippen LogP contribution in [0.4, 0.5) is 5.69 Å². The second kappa shape index (κ2) is 11.8. The maximum absolute atomic E-state index is 12.5. The molecule has 43 heavy (non-hydrogen) atoms. The van der Waals surface area contributed by atoms with Crippen molar-refractivity contribution < 1.29 is 23.9 Å². The lowest BCUT2D eigenvalue weighted by atomic mass is 9.71. The molecule has 3 aromatic rings. The van der Waals surface area contributed by atoms with Gasteiger partial charge < -0.3 is 25.5 Å². The Morgan fingerprint density at radius 3 is 2.63 bits per heavy atom. The van der Waals surface area contributed by atoms with Crippen LogP contribution in [-0.2, 0) is 9.59 Å². The average molecular weight is 628 g/mol. The van der Waals surface area contributed by atoms with Gasteiger partial charge in [-0.05, 0) is 85.5 Å². The average Bonchev–Trinajstić information content (AvgIpc) is 3.69. The number of fused-ring (bicyclic) bond motifs is 1. The van der Waals surface area contributed by atoms with E-state index in [0.29, 0.717) is 48.2 Å². The van der Waals surface area contributed by atoms with E-state index in [1.54, 1.807) is 0 Å². The summed E-state index contributed by atoms with van der Waals surface area (Å²) in [6.45, 7) is 0.125. The summed E-state index contributed by atoms with van der Waals surface area (Å²) in [4.78, 5) is 53.7. The van der Waals surface area contributed by atoms with Gasteiger partial charge in [-0.1, -0.05) is 29.6 Å². The van der Waals surface area contributed by atoms with Crippen LogP contribution in [0.1, 0.15) is 73.2 Å². The number of aromatic nitrogens is 1. The van der Waals surface area contributed by atoms with Crippen LogP contribution < -0.4 is 21.6 Å². The molecule has 3 aliphatic rings. The van der Waals surface area contributed by atoms with Gasteiger partial charge in [0.1, 0.15) is 16.9 Å². The van der Waals surface area contributed by atoms with Gasteiger partial charge in [0.2, 0.25) is 11.8 Å². The minimum Gasteiger partial charge on any atom is -0.506 e. The molecule has 6 rings (SSSR count). The standard InChI is InChI=1S/C31H32Cl2N4O6/c32-22-9-16-8-20(30(42)43-25(16)12-24(22)38)29(41)34-7-3-1-2-4-26(39)35-15-27(40)37-23-10-17(14-36-28(23)33)19-11-18-5-6-31(18)13-21(19)31/h8-10,12,14,18-19,21,38H,1-7,11,13,15H2,(H,34,41)(H,35,39)(H,37,40)/t18?,19-,21?,31?/m1/s1. The number of halogens is 2. The molecular weight excluding hydrogens is 595 g/mol. The van der Waals surface area contributed by atoms with E-state index in [1.165, 1.54) is 43.9 Å². The summed E-state index contributed by atoms with van der Waals surface area (Å²) < 4.78 is 5.12. The molecule has 3 saturated carbocycles. The van der Waals surface area contributed by atoms with Crippen molar-refractivity contribution in [3.8, 4) is 5.75 Å². The number of nitrogens with zero attached hydrogens (tertiary/aromatic N) is 1. The minimum absolute atomic E-state index is 0.0746. The molecule has 0 bridgehead atoms. The van der Waals surface area contributed by atoms with Crippen LogP contribution in [0.15, 0.2) is 39.7 Å². The van der Waals surface area contributed by atoms with Crippen LogP contribution in [0.3, 0.4) is 0 Å². The monoisotopic (exact) mass is 626 g/mol. The van der Waals surface area contributed by atoms with Crippen molar-refractivity contribution in [2.75, 3.05) is 18.4 Å². The Hall–Kier alpha value is -3.63. The number of hydrogen-bond donors (Lipinski definition) is 4. The number of phenolic OH excluding ortho intramolecular Hbond substituents is 1. The van der Waals surface area contributed by atoms with Crippen LogP contribution in [0.5, 0.6) is 5.75 Å². The van der Waals surface area contributed by atoms with E-state index in [0.717, 1.165) is 17.4 Å². The third kappa shape index (κ3) is 5.95. The van der Waals surface area contributed by atoms with E-state index >= 15 is 0 Å². The van der Waals surface area contributed by atoms with Crippen molar-refractivity contribution in [1.82, 2.24) is 15.6 Å². The molecule has 0 radical (unpaired) electrons. The molecule has 1 spiro atoms. The molecule has 2 heterocycles. The number of phenols is 1. The first-order valence-electron chi connectivity index (χ1n) is 14.6. The molecule has 3 amide bonds. The number of aromatic hydroxyl groups is 1. The van der Waals surface area contributed by atoms with Crippen molar-refractivity contribution in [3.05, 3.63) is 62.2 Å². The molecule has 3 unspecified atom stereocenters. The van der Waals surface area contributed by atoms with Crippen molar-refractivity contribution in [2.45, 2.75) is 57.3 Å². The van der Waals surface area contributed by atoms with E-state index < -0.39 is 11.5 Å². The second-order valence-corrected chi connectivity index (χ2v) is 12.7. The highest BCUT2D eigenvalue weighted by Gasteiger charge is 2.70. The van der Waals surface area contributed by atoms with Crippen molar-refractivity contribution >= 4 is 57.6 Å². The fourth-order valence-corrected chi connectivity index (χ4v) is 7.27. The fraction of sp³-hybridized carbons (Fsp3) is 0.452. The highest BCUT2D eigenvalue weighted by atomic mass is 35.5.